The summed E-state index contributed by atoms with van der Waals surface area (Å²) in [4.78, 5) is 61.0. The van der Waals surface area contributed by atoms with Crippen LogP contribution in [-0.4, -0.2) is 108 Å². The molecule has 2 aromatic carbocycles. The number of aryl methyl sites for hydroxylation is 1. The van der Waals surface area contributed by atoms with E-state index in [0.29, 0.717) is 35.6 Å². The second-order valence-corrected chi connectivity index (χ2v) is 16.1. The number of thiophene rings is 1. The van der Waals surface area contributed by atoms with Crippen LogP contribution in [0.5, 0.6) is 0 Å². The molecule has 0 radical (unpaired) electrons. The number of carbonyl (C=O) groups is 4. The highest BCUT2D eigenvalue weighted by molar-refractivity contribution is 7.15. The number of benzene rings is 2. The number of halogens is 1. The molecule has 0 aliphatic carbocycles. The SMILES string of the molecule is Cc1c(C#Cc2cnn(CCN3CCN(Cc4cccc5c4C(=O)N(C(C)CCC(=O)NC=O)C5=O)CC3)c2)sc2c1C(c1ccc(Cl)cc1)=NCc1nnc(C)n1-2. The molecular weight excluding hydrogens is 776 g/mol. The third kappa shape index (κ3) is 7.76. The van der Waals surface area contributed by atoms with Crippen molar-refractivity contribution < 1.29 is 19.2 Å². The third-order valence-corrected chi connectivity index (χ3v) is 12.3. The quantitative estimate of drug-likeness (QED) is 0.116. The van der Waals surface area contributed by atoms with Crippen LogP contribution in [0.25, 0.3) is 5.00 Å². The van der Waals surface area contributed by atoms with E-state index in [1.54, 1.807) is 30.5 Å². The lowest BCUT2D eigenvalue weighted by Gasteiger charge is -2.34. The average Bonchev–Trinajstić information content (AvgIpc) is 3.95. The molecule has 3 aliphatic rings. The van der Waals surface area contributed by atoms with Crippen LogP contribution in [0, 0.1) is 25.7 Å². The van der Waals surface area contributed by atoms with E-state index in [1.165, 1.54) is 4.90 Å². The molecule has 8 rings (SSSR count). The van der Waals surface area contributed by atoms with E-state index in [9.17, 15) is 19.2 Å². The number of hydrogen-bond acceptors (Lipinski definition) is 11. The number of aliphatic imine (C=N–C) groups is 1. The van der Waals surface area contributed by atoms with Crippen LogP contribution in [0.1, 0.15) is 84.8 Å². The molecule has 3 aromatic heterocycles. The van der Waals surface area contributed by atoms with Gasteiger partial charge in [0.2, 0.25) is 12.3 Å². The average molecular weight is 817 g/mol. The fourth-order valence-corrected chi connectivity index (χ4v) is 9.10. The Labute approximate surface area is 344 Å². The molecule has 3 aliphatic heterocycles. The van der Waals surface area contributed by atoms with Gasteiger partial charge in [-0.15, -0.1) is 21.5 Å². The van der Waals surface area contributed by atoms with Gasteiger partial charge in [0.05, 0.1) is 40.0 Å². The number of piperazine rings is 1. The normalized spacial score (nSPS) is 15.9. The molecule has 296 valence electrons. The van der Waals surface area contributed by atoms with Crippen molar-refractivity contribution >= 4 is 52.8 Å². The summed E-state index contributed by atoms with van der Waals surface area (Å²) >= 11 is 7.83. The molecule has 58 heavy (non-hydrogen) atoms. The lowest BCUT2D eigenvalue weighted by atomic mass is 10.00. The van der Waals surface area contributed by atoms with Gasteiger partial charge in [-0.05, 0) is 56.5 Å². The summed E-state index contributed by atoms with van der Waals surface area (Å²) in [6, 6.07) is 12.7. The van der Waals surface area contributed by atoms with Gasteiger partial charge in [0, 0.05) is 74.1 Å². The summed E-state index contributed by atoms with van der Waals surface area (Å²) < 4.78 is 4.02. The van der Waals surface area contributed by atoms with Gasteiger partial charge >= 0.3 is 0 Å². The van der Waals surface area contributed by atoms with Gasteiger partial charge in [-0.2, -0.15) is 5.10 Å². The first-order valence-corrected chi connectivity index (χ1v) is 20.4. The van der Waals surface area contributed by atoms with Crippen LogP contribution in [0.4, 0.5) is 0 Å². The van der Waals surface area contributed by atoms with Crippen molar-refractivity contribution in [1.82, 2.24) is 44.6 Å². The Morgan fingerprint density at radius 1 is 0.983 bits per heavy atom. The van der Waals surface area contributed by atoms with E-state index in [1.807, 2.05) is 54.2 Å². The first-order valence-electron chi connectivity index (χ1n) is 19.2. The van der Waals surface area contributed by atoms with E-state index < -0.39 is 11.9 Å². The zero-order chi connectivity index (χ0) is 40.5. The van der Waals surface area contributed by atoms with Gasteiger partial charge in [0.15, 0.2) is 5.82 Å². The molecule has 5 aromatic rings. The monoisotopic (exact) mass is 816 g/mol. The molecule has 0 spiro atoms. The highest BCUT2D eigenvalue weighted by Crippen LogP contribution is 2.37. The van der Waals surface area contributed by atoms with Crippen molar-refractivity contribution in [2.45, 2.75) is 59.3 Å². The van der Waals surface area contributed by atoms with Gasteiger partial charge in [-0.25, -0.2) is 0 Å². The van der Waals surface area contributed by atoms with E-state index in [2.05, 4.69) is 53.7 Å². The number of nitrogens with one attached hydrogen (secondary N) is 1. The smallest absolute Gasteiger partial charge is 0.262 e. The number of nitrogens with zero attached hydrogens (tertiary/aromatic N) is 9. The number of aromatic nitrogens is 5. The Bertz CT molecular complexity index is 2520. The van der Waals surface area contributed by atoms with Crippen molar-refractivity contribution in [3.05, 3.63) is 115 Å². The van der Waals surface area contributed by atoms with Crippen molar-refractivity contribution in [3.8, 4) is 16.8 Å². The predicted molar refractivity (Wildman–Crippen MR) is 219 cm³/mol. The second kappa shape index (κ2) is 16.6. The lowest BCUT2D eigenvalue weighted by molar-refractivity contribution is -0.125. The maximum absolute atomic E-state index is 13.5. The number of rotatable bonds is 11. The fraction of sp³-hybridized carbons (Fsp3) is 0.333. The number of imide groups is 2. The van der Waals surface area contributed by atoms with Gasteiger partial charge < -0.3 is 0 Å². The van der Waals surface area contributed by atoms with Gasteiger partial charge in [0.25, 0.3) is 11.8 Å². The molecular formula is C42H41ClN10O4S. The number of carbonyl (C=O) groups excluding carboxylic acids is 4. The summed E-state index contributed by atoms with van der Waals surface area (Å²) in [6.45, 7) is 11.7. The van der Waals surface area contributed by atoms with Crippen LogP contribution in [0.2, 0.25) is 5.02 Å². The maximum Gasteiger partial charge on any atom is 0.262 e. The topological polar surface area (TPSA) is 151 Å². The van der Waals surface area contributed by atoms with Gasteiger partial charge in [-0.1, -0.05) is 47.7 Å². The highest BCUT2D eigenvalue weighted by atomic mass is 35.5. The molecule has 14 nitrogen and oxygen atoms in total. The zero-order valence-electron chi connectivity index (χ0n) is 32.4. The lowest BCUT2D eigenvalue weighted by Crippen LogP contribution is -2.46. The Morgan fingerprint density at radius 2 is 1.76 bits per heavy atom. The minimum absolute atomic E-state index is 0.0354. The summed E-state index contributed by atoms with van der Waals surface area (Å²) in [5.74, 6) is 7.22. The molecule has 1 N–H and O–H groups in total. The number of amides is 4. The van der Waals surface area contributed by atoms with E-state index in [0.717, 1.165) is 94.3 Å². The molecule has 1 atom stereocenters. The molecule has 4 amide bonds. The summed E-state index contributed by atoms with van der Waals surface area (Å²) in [6.07, 6.45) is 4.42. The predicted octanol–water partition coefficient (Wildman–Crippen LogP) is 4.40. The van der Waals surface area contributed by atoms with Crippen LogP contribution < -0.4 is 5.32 Å². The largest absolute Gasteiger partial charge is 0.299 e. The molecule has 0 saturated carbocycles. The Balaban J connectivity index is 0.878. The van der Waals surface area contributed by atoms with Crippen molar-refractivity contribution in [2.24, 2.45) is 4.99 Å². The molecule has 0 bridgehead atoms. The molecule has 16 heteroatoms. The first kappa shape index (κ1) is 39.1. The summed E-state index contributed by atoms with van der Waals surface area (Å²) in [7, 11) is 0. The Kier molecular flexibility index (Phi) is 11.2. The van der Waals surface area contributed by atoms with E-state index in [4.69, 9.17) is 16.6 Å². The van der Waals surface area contributed by atoms with Crippen molar-refractivity contribution in [3.63, 3.8) is 0 Å². The van der Waals surface area contributed by atoms with Gasteiger partial charge in [-0.3, -0.25) is 53.4 Å². The van der Waals surface area contributed by atoms with Crippen LogP contribution >= 0.6 is 22.9 Å². The minimum Gasteiger partial charge on any atom is -0.299 e. The maximum atomic E-state index is 13.5. The molecule has 1 saturated heterocycles. The molecule has 1 fully saturated rings. The number of hydrogen-bond donors (Lipinski definition) is 1. The van der Waals surface area contributed by atoms with Crippen molar-refractivity contribution in [2.75, 3.05) is 32.7 Å². The fourth-order valence-electron chi connectivity index (χ4n) is 7.75. The standard InChI is InChI=1S/C42H41ClN10O4S/c1-26(7-14-36(55)45-25-54)52-40(56)33-6-4-5-31(38(33)41(52)57)24-50-17-15-49(16-18-50)19-20-51-23-29(21-46-51)8-13-34-27(2)37-39(30-9-11-32(43)12-10-30)44-22-35-48-47-28(3)53(35)42(37)58-34/h4-6,9-12,21,23,25-26H,7,14-20,22,24H2,1-3H3,(H,45,54,55). The Hall–Kier alpha value is -5.79. The first-order chi connectivity index (χ1) is 28.1. The highest BCUT2D eigenvalue weighted by Gasteiger charge is 2.40. The molecule has 1 unspecified atom stereocenters. The van der Waals surface area contributed by atoms with E-state index in [-0.39, 0.29) is 24.7 Å². The Morgan fingerprint density at radius 3 is 2.53 bits per heavy atom. The van der Waals surface area contributed by atoms with E-state index >= 15 is 0 Å². The molecule has 6 heterocycles. The minimum atomic E-state index is -0.487. The second-order valence-electron chi connectivity index (χ2n) is 14.7. The van der Waals surface area contributed by atoms with Crippen LogP contribution in [0.3, 0.4) is 0 Å². The van der Waals surface area contributed by atoms with Gasteiger partial charge in [0.1, 0.15) is 17.4 Å². The summed E-state index contributed by atoms with van der Waals surface area (Å²) in [5, 5.41) is 17.1. The van der Waals surface area contributed by atoms with Crippen LogP contribution in [0.15, 0.2) is 59.9 Å². The van der Waals surface area contributed by atoms with Crippen LogP contribution in [-0.2, 0) is 29.2 Å². The number of fused-ring (bicyclic) bond motifs is 4. The zero-order valence-corrected chi connectivity index (χ0v) is 33.9. The third-order valence-electron chi connectivity index (χ3n) is 10.9. The van der Waals surface area contributed by atoms with Crippen molar-refractivity contribution in [1.29, 1.82) is 0 Å². The summed E-state index contributed by atoms with van der Waals surface area (Å²) in [5.41, 5.74) is 6.44.